The second kappa shape index (κ2) is 23.4. The average Bonchev–Trinajstić information content (AvgIpc) is 4.17. The Labute approximate surface area is 482 Å². The van der Waals surface area contributed by atoms with Crippen molar-refractivity contribution in [3.05, 3.63) is 102 Å². The van der Waals surface area contributed by atoms with E-state index in [1.165, 1.54) is 4.90 Å². The number of aliphatic hydroxyl groups excluding tert-OH is 1. The Morgan fingerprint density at radius 3 is 2.33 bits per heavy atom. The molecule has 434 valence electrons. The number of likely N-dealkylation sites (tertiary alicyclic amines) is 2. The Bertz CT molecular complexity index is 3200. The highest BCUT2D eigenvalue weighted by Crippen LogP contribution is 2.42. The van der Waals surface area contributed by atoms with E-state index in [1.807, 2.05) is 86.8 Å². The molecule has 2 amide bonds. The molecule has 82 heavy (non-hydrogen) atoms. The van der Waals surface area contributed by atoms with Crippen molar-refractivity contribution < 1.29 is 38.2 Å². The Morgan fingerprint density at radius 2 is 1.62 bits per heavy atom. The fourth-order valence-corrected chi connectivity index (χ4v) is 14.2. The van der Waals surface area contributed by atoms with E-state index < -0.39 is 23.7 Å². The zero-order valence-corrected chi connectivity index (χ0v) is 48.0. The first-order chi connectivity index (χ1) is 39.6. The maximum Gasteiger partial charge on any atom is 0.243 e. The topological polar surface area (TPSA) is 225 Å². The molecule has 6 aliphatic rings. The maximum absolute atomic E-state index is 16.6. The summed E-state index contributed by atoms with van der Waals surface area (Å²) in [4.78, 5) is 48.9. The number of hydrogen-bond donors (Lipinski definition) is 4. The number of ether oxygens (including phenoxy) is 2. The summed E-state index contributed by atoms with van der Waals surface area (Å²) < 4.78 is 35.5. The monoisotopic (exact) mass is 1140 g/mol. The lowest BCUT2D eigenvalue weighted by Crippen LogP contribution is -2.54. The number of thiazole rings is 1. The maximum atomic E-state index is 16.6. The Kier molecular flexibility index (Phi) is 15.8. The summed E-state index contributed by atoms with van der Waals surface area (Å²) in [5, 5.41) is 37.3. The molecule has 9 heterocycles. The van der Waals surface area contributed by atoms with Crippen LogP contribution in [-0.4, -0.2) is 158 Å². The number of nitrogens with one attached hydrogen (secondary N) is 1. The number of hydrogen-bond acceptors (Lipinski definition) is 18. The summed E-state index contributed by atoms with van der Waals surface area (Å²) in [5.74, 6) is 0.556. The highest BCUT2D eigenvalue weighted by Gasteiger charge is 2.46. The number of aryl methyl sites for hydroxylation is 1. The number of nitrogens with two attached hydrogens (primary N) is 1. The van der Waals surface area contributed by atoms with Gasteiger partial charge in [0.2, 0.25) is 17.7 Å². The molecule has 19 nitrogen and oxygen atoms in total. The number of pyridine rings is 1. The molecule has 5 aliphatic heterocycles. The summed E-state index contributed by atoms with van der Waals surface area (Å²) in [6.45, 7) is 12.2. The van der Waals surface area contributed by atoms with E-state index in [1.54, 1.807) is 29.5 Å². The number of carbonyl (C=O) groups excluding carboxylic acids is 2. The number of phenols is 1. The van der Waals surface area contributed by atoms with E-state index in [9.17, 15) is 19.8 Å². The van der Waals surface area contributed by atoms with Gasteiger partial charge in [-0.15, -0.1) is 21.5 Å². The predicted molar refractivity (Wildman–Crippen MR) is 312 cm³/mol. The minimum Gasteiger partial charge on any atom is -0.507 e. The smallest absolute Gasteiger partial charge is 0.243 e. The molecule has 2 unspecified atom stereocenters. The Hall–Kier alpha value is -6.94. The van der Waals surface area contributed by atoms with Gasteiger partial charge in [0.25, 0.3) is 0 Å². The lowest BCUT2D eigenvalue weighted by Gasteiger charge is -2.44. The van der Waals surface area contributed by atoms with E-state index in [0.717, 1.165) is 97.8 Å². The number of benzene rings is 2. The first-order valence-corrected chi connectivity index (χ1v) is 30.1. The number of piperazine rings is 1. The van der Waals surface area contributed by atoms with Gasteiger partial charge >= 0.3 is 0 Å². The van der Waals surface area contributed by atoms with Crippen LogP contribution in [0.4, 0.5) is 27.4 Å². The zero-order valence-electron chi connectivity index (χ0n) is 47.1. The number of rotatable bonds is 17. The van der Waals surface area contributed by atoms with Crippen LogP contribution in [-0.2, 0) is 14.3 Å². The van der Waals surface area contributed by atoms with E-state index in [-0.39, 0.29) is 72.9 Å². The average molecular weight is 1140 g/mol. The number of carbonyl (C=O) groups is 2. The van der Waals surface area contributed by atoms with Crippen LogP contribution in [0.5, 0.6) is 11.6 Å². The molecule has 21 heteroatoms. The van der Waals surface area contributed by atoms with Crippen LogP contribution in [0.3, 0.4) is 0 Å². The number of fused-ring (bicyclic) bond motifs is 2. The number of piperidine rings is 2. The minimum atomic E-state index is -1.34. The summed E-state index contributed by atoms with van der Waals surface area (Å²) in [6, 6.07) is 22.4. The van der Waals surface area contributed by atoms with Crippen molar-refractivity contribution in [3.63, 3.8) is 0 Å². The molecule has 6 aromatic rings. The third-order valence-electron chi connectivity index (χ3n) is 18.0. The van der Waals surface area contributed by atoms with Gasteiger partial charge in [0.15, 0.2) is 17.4 Å². The van der Waals surface area contributed by atoms with Gasteiger partial charge in [-0.2, -0.15) is 0 Å². The van der Waals surface area contributed by atoms with Gasteiger partial charge in [-0.05, 0) is 80.8 Å². The van der Waals surface area contributed by atoms with Gasteiger partial charge in [0.1, 0.15) is 29.5 Å². The van der Waals surface area contributed by atoms with Gasteiger partial charge in [0, 0.05) is 126 Å². The largest absolute Gasteiger partial charge is 0.507 e. The first-order valence-electron chi connectivity index (χ1n) is 29.3. The van der Waals surface area contributed by atoms with Crippen molar-refractivity contribution in [2.75, 3.05) is 72.8 Å². The third kappa shape index (κ3) is 11.7. The zero-order chi connectivity index (χ0) is 56.8. The molecule has 5 N–H and O–H groups in total. The fourth-order valence-electron chi connectivity index (χ4n) is 13.4. The number of amides is 2. The molecule has 0 spiro atoms. The lowest BCUT2D eigenvalue weighted by atomic mass is 9.90. The molecule has 0 radical (unpaired) electrons. The number of alkyl halides is 1. The van der Waals surface area contributed by atoms with Crippen molar-refractivity contribution in [1.82, 2.24) is 40.4 Å². The lowest BCUT2D eigenvalue weighted by molar-refractivity contribution is -0.141. The fraction of sp³-hybridized carbons (Fsp3) is 0.525. The van der Waals surface area contributed by atoms with Crippen molar-refractivity contribution in [2.45, 2.75) is 146 Å². The van der Waals surface area contributed by atoms with Crippen LogP contribution < -0.4 is 30.5 Å². The molecule has 2 bridgehead atoms. The number of aromatic hydroxyl groups is 1. The van der Waals surface area contributed by atoms with Crippen LogP contribution in [0, 0.1) is 12.8 Å². The van der Waals surface area contributed by atoms with Crippen LogP contribution >= 0.6 is 11.3 Å². The first kappa shape index (κ1) is 55.6. The van der Waals surface area contributed by atoms with Crippen LogP contribution in [0.1, 0.15) is 108 Å². The summed E-state index contributed by atoms with van der Waals surface area (Å²) in [5.41, 5.74) is 13.0. The Morgan fingerprint density at radius 1 is 0.878 bits per heavy atom. The number of phenolic OH excluding ortho intramolecular Hbond substituents is 1. The number of β-amino-alcohol motifs (C(OH)–C–C–N with tert-alkyl or cyclic N) is 1. The van der Waals surface area contributed by atoms with Crippen LogP contribution in [0.2, 0.25) is 0 Å². The number of nitrogen functional groups attached to an aromatic ring is 1. The van der Waals surface area contributed by atoms with Crippen LogP contribution in [0.15, 0.2) is 89.0 Å². The van der Waals surface area contributed by atoms with Gasteiger partial charge in [-0.25, -0.2) is 14.4 Å². The normalized spacial score (nSPS) is 24.6. The molecule has 6 fully saturated rings. The van der Waals surface area contributed by atoms with Gasteiger partial charge in [-0.1, -0.05) is 55.4 Å². The van der Waals surface area contributed by atoms with E-state index in [2.05, 4.69) is 57.5 Å². The molecule has 2 aromatic carbocycles. The summed E-state index contributed by atoms with van der Waals surface area (Å²) >= 11 is 1.59. The summed E-state index contributed by atoms with van der Waals surface area (Å²) in [7, 11) is 0. The minimum absolute atomic E-state index is 0.0319. The number of halogens is 1. The van der Waals surface area contributed by atoms with E-state index >= 15 is 4.39 Å². The summed E-state index contributed by atoms with van der Waals surface area (Å²) in [6.07, 6.45) is 7.54. The van der Waals surface area contributed by atoms with Gasteiger partial charge in [-0.3, -0.25) is 14.5 Å². The number of aliphatic hydroxyl groups is 1. The number of para-hydroxylation sites is 1. The molecule has 4 aromatic heterocycles. The molecule has 1 saturated carbocycles. The molecule has 6 atom stereocenters. The molecule has 12 rings (SSSR count). The highest BCUT2D eigenvalue weighted by atomic mass is 32.1. The second-order valence-electron chi connectivity index (χ2n) is 24.0. The van der Waals surface area contributed by atoms with Crippen molar-refractivity contribution >= 4 is 46.2 Å². The Balaban J connectivity index is 0.572. The SMILES string of the molecule is Cc1ncsc1-c1ccc([C@H](C)NC(=O)[C@@H]2C[C@@H](O)CN2C(=O)[C@H](c2cc(N3CCC(F)(CN4CCC(OC5CC(Oc6cc(N7C8CCC7CN(c7cc(-c9ccccc9O)nnc7N)C8)ccn6)C5)CC4)CC3)no2)C(C)C)cc1. The third-order valence-corrected chi connectivity index (χ3v) is 18.9. The number of anilines is 4. The predicted octanol–water partition coefficient (Wildman–Crippen LogP) is 8.08. The standard InChI is InChI=1S/C61H75FN12O7S/c1-36(2)56(60(78)73-33-44(75)26-51(73)59(77)66-37(3)39-9-11-40(12-10-39)57-38(4)65-35-82-57)53-30-54(69-81-53)71-23-18-61(62,19-24-71)34-70-21-16-45(17-22-70)79-46-27-47(28-46)80-55-25-41(15-20-64-55)74-42-13-14-43(74)32-72(31-42)50-29-49(67-68-58(50)63)48-7-5-6-8-52(48)76/h5-12,15,20,25,29-30,35-37,42-47,51,56,75-76H,13-14,16-19,21-24,26-28,31-34H2,1-4H3,(H2,63,68)(H,66,77)/t37-,42?,43?,44+,46?,47?,51-,56-/m0/s1. The number of nitrogens with zero attached hydrogens (tertiary/aromatic N) is 10. The van der Waals surface area contributed by atoms with Gasteiger partial charge in [0.05, 0.1) is 51.8 Å². The highest BCUT2D eigenvalue weighted by molar-refractivity contribution is 7.13. The molecular formula is C61H75FN12O7S. The van der Waals surface area contributed by atoms with E-state index in [4.69, 9.17) is 19.7 Å². The molecule has 1 aliphatic carbocycles. The van der Waals surface area contributed by atoms with Crippen LogP contribution in [0.25, 0.3) is 21.7 Å². The second-order valence-corrected chi connectivity index (χ2v) is 24.8. The van der Waals surface area contributed by atoms with E-state index in [0.29, 0.717) is 67.0 Å². The van der Waals surface area contributed by atoms with Crippen molar-refractivity contribution in [3.8, 4) is 33.3 Å². The van der Waals surface area contributed by atoms with Crippen molar-refractivity contribution in [2.24, 2.45) is 5.92 Å². The molecular weight excluding hydrogens is 1060 g/mol. The molecule has 5 saturated heterocycles. The quantitative estimate of drug-likeness (QED) is 0.0677. The van der Waals surface area contributed by atoms with Crippen molar-refractivity contribution in [1.29, 1.82) is 0 Å². The van der Waals surface area contributed by atoms with Gasteiger partial charge < -0.3 is 54.9 Å². The number of aromatic nitrogens is 5.